The van der Waals surface area contributed by atoms with Crippen LogP contribution in [0.15, 0.2) is 0 Å². The fraction of sp³-hybridized carbons (Fsp3) is 1.00. The number of alkyl halides is 2. The second-order valence-electron chi connectivity index (χ2n) is 5.70. The van der Waals surface area contributed by atoms with Crippen molar-refractivity contribution in [3.63, 3.8) is 0 Å². The van der Waals surface area contributed by atoms with E-state index in [1.807, 2.05) is 0 Å². The quantitative estimate of drug-likeness (QED) is 0.603. The monoisotopic (exact) mass is 330 g/mol. The van der Waals surface area contributed by atoms with E-state index in [0.29, 0.717) is 6.61 Å². The SMILES string of the molecule is CCOC[C@@H](OCC)C(CO)C(F)(F)C(O)SC(C)(C)C. The van der Waals surface area contributed by atoms with Crippen molar-refractivity contribution >= 4 is 11.8 Å². The van der Waals surface area contributed by atoms with Crippen LogP contribution in [0, 0.1) is 5.92 Å². The van der Waals surface area contributed by atoms with Gasteiger partial charge in [-0.3, -0.25) is 0 Å². The Morgan fingerprint density at radius 2 is 1.71 bits per heavy atom. The first-order valence-corrected chi connectivity index (χ1v) is 8.01. The standard InChI is InChI=1S/C14H28F2O4S/c1-6-19-9-11(20-7-2)10(8-17)14(15,16)12(18)21-13(3,4)5/h10-12,17-18H,6-9H2,1-5H3/t10?,11-,12?/m1/s1. The summed E-state index contributed by atoms with van der Waals surface area (Å²) in [5, 5.41) is 19.2. The van der Waals surface area contributed by atoms with E-state index in [1.165, 1.54) is 0 Å². The van der Waals surface area contributed by atoms with Crippen LogP contribution in [0.5, 0.6) is 0 Å². The van der Waals surface area contributed by atoms with Crippen LogP contribution in [-0.4, -0.2) is 58.9 Å². The summed E-state index contributed by atoms with van der Waals surface area (Å²) in [7, 11) is 0. The van der Waals surface area contributed by atoms with E-state index in [9.17, 15) is 19.0 Å². The topological polar surface area (TPSA) is 58.9 Å². The van der Waals surface area contributed by atoms with Gasteiger partial charge in [0, 0.05) is 18.0 Å². The molecule has 3 atom stereocenters. The largest absolute Gasteiger partial charge is 0.396 e. The molecule has 0 spiro atoms. The first-order valence-electron chi connectivity index (χ1n) is 7.14. The first-order chi connectivity index (χ1) is 9.60. The van der Waals surface area contributed by atoms with E-state index in [1.54, 1.807) is 34.6 Å². The zero-order valence-corrected chi connectivity index (χ0v) is 14.3. The minimum Gasteiger partial charge on any atom is -0.396 e. The Bertz CT molecular complexity index is 285. The Kier molecular flexibility index (Phi) is 9.27. The molecule has 2 unspecified atom stereocenters. The Labute approximate surface area is 130 Å². The number of aliphatic hydroxyl groups is 2. The fourth-order valence-electron chi connectivity index (χ4n) is 1.81. The molecule has 0 heterocycles. The number of halogens is 2. The predicted octanol–water partition coefficient (Wildman–Crippen LogP) is 2.52. The van der Waals surface area contributed by atoms with Gasteiger partial charge in [-0.1, -0.05) is 20.8 Å². The van der Waals surface area contributed by atoms with E-state index < -0.39 is 34.7 Å². The van der Waals surface area contributed by atoms with Crippen molar-refractivity contribution in [2.75, 3.05) is 26.4 Å². The number of aliphatic hydroxyl groups excluding tert-OH is 2. The number of hydrogen-bond acceptors (Lipinski definition) is 5. The molecule has 0 amide bonds. The molecule has 0 saturated carbocycles. The summed E-state index contributed by atoms with van der Waals surface area (Å²) in [5.74, 6) is -5.00. The van der Waals surface area contributed by atoms with Gasteiger partial charge in [0.05, 0.1) is 25.2 Å². The van der Waals surface area contributed by atoms with E-state index in [-0.39, 0.29) is 13.2 Å². The summed E-state index contributed by atoms with van der Waals surface area (Å²) in [6, 6.07) is 0. The smallest absolute Gasteiger partial charge is 0.290 e. The Balaban J connectivity index is 5.06. The molecular weight excluding hydrogens is 302 g/mol. The van der Waals surface area contributed by atoms with Gasteiger partial charge in [0.15, 0.2) is 5.44 Å². The lowest BCUT2D eigenvalue weighted by molar-refractivity contribution is -0.177. The molecule has 4 nitrogen and oxygen atoms in total. The predicted molar refractivity (Wildman–Crippen MR) is 80.8 cm³/mol. The fourth-order valence-corrected chi connectivity index (χ4v) is 2.81. The number of ether oxygens (including phenoxy) is 2. The minimum atomic E-state index is -3.48. The van der Waals surface area contributed by atoms with Gasteiger partial charge in [0.1, 0.15) is 0 Å². The molecule has 0 aliphatic heterocycles. The summed E-state index contributed by atoms with van der Waals surface area (Å²) in [5.41, 5.74) is -1.92. The molecule has 0 aromatic heterocycles. The summed E-state index contributed by atoms with van der Waals surface area (Å²) >= 11 is 0.765. The number of rotatable bonds is 10. The lowest BCUT2D eigenvalue weighted by Crippen LogP contribution is -2.50. The summed E-state index contributed by atoms with van der Waals surface area (Å²) < 4.78 is 38.8. The molecule has 2 N–H and O–H groups in total. The lowest BCUT2D eigenvalue weighted by Gasteiger charge is -2.36. The van der Waals surface area contributed by atoms with Crippen molar-refractivity contribution in [3.8, 4) is 0 Å². The summed E-state index contributed by atoms with van der Waals surface area (Å²) in [6.07, 6.45) is -0.967. The van der Waals surface area contributed by atoms with E-state index in [0.717, 1.165) is 11.8 Å². The van der Waals surface area contributed by atoms with Crippen LogP contribution in [0.3, 0.4) is 0 Å². The zero-order chi connectivity index (χ0) is 16.7. The molecule has 7 heteroatoms. The van der Waals surface area contributed by atoms with E-state index in [2.05, 4.69) is 0 Å². The van der Waals surface area contributed by atoms with Gasteiger partial charge in [-0.05, 0) is 13.8 Å². The average molecular weight is 330 g/mol. The minimum absolute atomic E-state index is 0.0436. The molecule has 0 aliphatic rings. The second-order valence-corrected chi connectivity index (χ2v) is 7.61. The molecular formula is C14H28F2O4S. The molecule has 0 aromatic carbocycles. The molecule has 0 aromatic rings. The molecule has 128 valence electrons. The maximum absolute atomic E-state index is 14.4. The van der Waals surface area contributed by atoms with Crippen LogP contribution in [0.2, 0.25) is 0 Å². The maximum Gasteiger partial charge on any atom is 0.290 e. The van der Waals surface area contributed by atoms with Crippen LogP contribution < -0.4 is 0 Å². The highest BCUT2D eigenvalue weighted by Crippen LogP contribution is 2.41. The molecule has 21 heavy (non-hydrogen) atoms. The summed E-state index contributed by atoms with van der Waals surface area (Å²) in [4.78, 5) is 0. The first kappa shape index (κ1) is 21.0. The lowest BCUT2D eigenvalue weighted by atomic mass is 9.96. The molecule has 0 saturated heterocycles. The highest BCUT2D eigenvalue weighted by molar-refractivity contribution is 8.01. The third kappa shape index (κ3) is 7.23. The highest BCUT2D eigenvalue weighted by atomic mass is 32.2. The van der Waals surface area contributed by atoms with Crippen molar-refractivity contribution in [2.45, 2.75) is 56.8 Å². The third-order valence-corrected chi connectivity index (χ3v) is 4.05. The number of hydrogen-bond donors (Lipinski definition) is 2. The molecule has 0 bridgehead atoms. The van der Waals surface area contributed by atoms with Crippen LogP contribution in [0.4, 0.5) is 8.78 Å². The highest BCUT2D eigenvalue weighted by Gasteiger charge is 2.51. The van der Waals surface area contributed by atoms with Gasteiger partial charge in [-0.25, -0.2) is 8.78 Å². The Hall–Kier alpha value is 0.0500. The van der Waals surface area contributed by atoms with Crippen molar-refractivity contribution < 1.29 is 28.5 Å². The van der Waals surface area contributed by atoms with Crippen molar-refractivity contribution in [1.82, 2.24) is 0 Å². The Morgan fingerprint density at radius 3 is 2.10 bits per heavy atom. The van der Waals surface area contributed by atoms with Gasteiger partial charge < -0.3 is 19.7 Å². The second kappa shape index (κ2) is 9.25. The van der Waals surface area contributed by atoms with Gasteiger partial charge in [-0.15, -0.1) is 11.8 Å². The molecule has 0 aliphatic carbocycles. The van der Waals surface area contributed by atoms with Gasteiger partial charge in [-0.2, -0.15) is 0 Å². The van der Waals surface area contributed by atoms with Gasteiger partial charge in [0.2, 0.25) is 0 Å². The number of thioether (sulfide) groups is 1. The average Bonchev–Trinajstić information content (AvgIpc) is 2.34. The third-order valence-electron chi connectivity index (χ3n) is 2.80. The summed E-state index contributed by atoms with van der Waals surface area (Å²) in [6.45, 7) is 8.43. The van der Waals surface area contributed by atoms with Crippen LogP contribution in [-0.2, 0) is 9.47 Å². The van der Waals surface area contributed by atoms with Gasteiger partial charge >= 0.3 is 0 Å². The molecule has 0 radical (unpaired) electrons. The maximum atomic E-state index is 14.4. The van der Waals surface area contributed by atoms with Crippen LogP contribution in [0.25, 0.3) is 0 Å². The Morgan fingerprint density at radius 1 is 1.14 bits per heavy atom. The van der Waals surface area contributed by atoms with Gasteiger partial charge in [0.25, 0.3) is 5.92 Å². The van der Waals surface area contributed by atoms with Crippen LogP contribution in [0.1, 0.15) is 34.6 Å². The van der Waals surface area contributed by atoms with E-state index >= 15 is 0 Å². The molecule has 0 rings (SSSR count). The van der Waals surface area contributed by atoms with Crippen LogP contribution >= 0.6 is 11.8 Å². The zero-order valence-electron chi connectivity index (χ0n) is 13.4. The molecule has 0 fully saturated rings. The van der Waals surface area contributed by atoms with E-state index in [4.69, 9.17) is 9.47 Å². The normalized spacial score (nSPS) is 17.6. The van der Waals surface area contributed by atoms with Crippen molar-refractivity contribution in [1.29, 1.82) is 0 Å². The van der Waals surface area contributed by atoms with Crippen molar-refractivity contribution in [2.24, 2.45) is 5.92 Å². The van der Waals surface area contributed by atoms with Crippen molar-refractivity contribution in [3.05, 3.63) is 0 Å².